The van der Waals surface area contributed by atoms with E-state index in [-0.39, 0.29) is 15.6 Å². The van der Waals surface area contributed by atoms with E-state index < -0.39 is 25.9 Å². The van der Waals surface area contributed by atoms with E-state index in [1.165, 1.54) is 34.6 Å². The van der Waals surface area contributed by atoms with Gasteiger partial charge in [0.05, 0.1) is 14.9 Å². The van der Waals surface area contributed by atoms with Gasteiger partial charge in [-0.3, -0.25) is 9.03 Å². The van der Waals surface area contributed by atoms with Gasteiger partial charge in [-0.1, -0.05) is 11.6 Å². The topological polar surface area (TPSA) is 83.6 Å². The first kappa shape index (κ1) is 21.1. The number of anilines is 2. The molecule has 2 heterocycles. The lowest BCUT2D eigenvalue weighted by Crippen LogP contribution is -2.35. The van der Waals surface area contributed by atoms with E-state index in [4.69, 9.17) is 11.6 Å². The molecule has 0 radical (unpaired) electrons. The summed E-state index contributed by atoms with van der Waals surface area (Å²) in [7, 11) is -7.66. The molecule has 6 nitrogen and oxygen atoms in total. The molecule has 0 atom stereocenters. The summed E-state index contributed by atoms with van der Waals surface area (Å²) in [5, 5.41) is 0. The van der Waals surface area contributed by atoms with Crippen LogP contribution < -0.4 is 9.03 Å². The largest absolute Gasteiger partial charge is 0.279 e. The number of fused-ring (bicyclic) bond motifs is 1. The van der Waals surface area contributed by atoms with E-state index in [0.29, 0.717) is 34.1 Å². The summed E-state index contributed by atoms with van der Waals surface area (Å²) in [5.41, 5.74) is 1.52. The third-order valence-corrected chi connectivity index (χ3v) is 9.55. The molecule has 1 aliphatic rings. The molecular weight excluding hydrogens is 471 g/mol. The SMILES string of the molecule is O=S(=O)(Nc1ccc2c(c1)CCCN2S(=O)(=O)c1ccc(F)cc1)c1ccc(Cl)s1. The second-order valence-corrected chi connectivity index (χ2v) is 12.1. The fourth-order valence-electron chi connectivity index (χ4n) is 3.26. The Labute approximate surface area is 183 Å². The highest BCUT2D eigenvalue weighted by molar-refractivity contribution is 7.94. The van der Waals surface area contributed by atoms with Crippen molar-refractivity contribution in [2.75, 3.05) is 15.6 Å². The minimum Gasteiger partial charge on any atom is -0.279 e. The molecule has 4 rings (SSSR count). The smallest absolute Gasteiger partial charge is 0.271 e. The van der Waals surface area contributed by atoms with E-state index in [0.717, 1.165) is 23.5 Å². The van der Waals surface area contributed by atoms with Crippen LogP contribution in [0.25, 0.3) is 0 Å². The summed E-state index contributed by atoms with van der Waals surface area (Å²) in [5.74, 6) is -0.517. The maximum atomic E-state index is 13.2. The normalized spacial score (nSPS) is 14.4. The molecule has 1 aliphatic heterocycles. The number of hydrogen-bond acceptors (Lipinski definition) is 5. The summed E-state index contributed by atoms with van der Waals surface area (Å²) < 4.78 is 68.6. The van der Waals surface area contributed by atoms with Crippen molar-refractivity contribution in [3.05, 3.63) is 70.3 Å². The summed E-state index contributed by atoms with van der Waals surface area (Å²) in [6, 6.07) is 12.3. The zero-order valence-electron chi connectivity index (χ0n) is 15.4. The molecule has 0 saturated heterocycles. The lowest BCUT2D eigenvalue weighted by Gasteiger charge is -2.31. The Morgan fingerprint density at radius 3 is 2.40 bits per heavy atom. The predicted molar refractivity (Wildman–Crippen MR) is 116 cm³/mol. The molecule has 1 aromatic heterocycles. The minimum absolute atomic E-state index is 0.00361. The van der Waals surface area contributed by atoms with Crippen molar-refractivity contribution >= 4 is 54.4 Å². The van der Waals surface area contributed by atoms with Gasteiger partial charge < -0.3 is 0 Å². The first-order valence-electron chi connectivity index (χ1n) is 8.86. The molecule has 0 saturated carbocycles. The summed E-state index contributed by atoms with van der Waals surface area (Å²) in [4.78, 5) is -0.00361. The average molecular weight is 487 g/mol. The lowest BCUT2D eigenvalue weighted by molar-refractivity contribution is 0.585. The van der Waals surface area contributed by atoms with E-state index in [1.807, 2.05) is 0 Å². The number of benzene rings is 2. The molecule has 0 fully saturated rings. The van der Waals surface area contributed by atoms with Gasteiger partial charge in [-0.05, 0) is 73.0 Å². The van der Waals surface area contributed by atoms with E-state index in [9.17, 15) is 21.2 Å². The third-order valence-electron chi connectivity index (χ3n) is 4.62. The minimum atomic E-state index is -3.87. The number of thiophene rings is 1. The van der Waals surface area contributed by atoms with Crippen molar-refractivity contribution in [3.63, 3.8) is 0 Å². The van der Waals surface area contributed by atoms with Gasteiger partial charge in [0.2, 0.25) is 0 Å². The van der Waals surface area contributed by atoms with Crippen LogP contribution in [0.5, 0.6) is 0 Å². The van der Waals surface area contributed by atoms with Gasteiger partial charge in [0.1, 0.15) is 10.0 Å². The number of aryl methyl sites for hydroxylation is 1. The Morgan fingerprint density at radius 2 is 1.73 bits per heavy atom. The van der Waals surface area contributed by atoms with Crippen LogP contribution in [0.3, 0.4) is 0 Å². The second kappa shape index (κ2) is 7.84. The van der Waals surface area contributed by atoms with Crippen molar-refractivity contribution in [1.82, 2.24) is 0 Å². The Bertz CT molecular complexity index is 1310. The summed E-state index contributed by atoms with van der Waals surface area (Å²) in [6.45, 7) is 0.283. The maximum Gasteiger partial charge on any atom is 0.271 e. The van der Waals surface area contributed by atoms with Crippen LogP contribution in [0.1, 0.15) is 12.0 Å². The Hall–Kier alpha value is -2.14. The van der Waals surface area contributed by atoms with Crippen molar-refractivity contribution in [3.8, 4) is 0 Å². The van der Waals surface area contributed by atoms with Gasteiger partial charge in [-0.15, -0.1) is 11.3 Å². The van der Waals surface area contributed by atoms with Crippen molar-refractivity contribution in [1.29, 1.82) is 0 Å². The van der Waals surface area contributed by atoms with Gasteiger partial charge in [0.15, 0.2) is 0 Å². The molecule has 0 bridgehead atoms. The summed E-state index contributed by atoms with van der Waals surface area (Å²) in [6.07, 6.45) is 1.18. The Morgan fingerprint density at radius 1 is 1.00 bits per heavy atom. The summed E-state index contributed by atoms with van der Waals surface area (Å²) >= 11 is 6.77. The highest BCUT2D eigenvalue weighted by Crippen LogP contribution is 2.35. The van der Waals surface area contributed by atoms with Crippen LogP contribution in [0.4, 0.5) is 15.8 Å². The lowest BCUT2D eigenvalue weighted by atomic mass is 10.0. The molecule has 0 unspecified atom stereocenters. The molecule has 0 spiro atoms. The van der Waals surface area contributed by atoms with Crippen LogP contribution in [-0.4, -0.2) is 23.4 Å². The molecule has 0 amide bonds. The van der Waals surface area contributed by atoms with E-state index in [1.54, 1.807) is 12.1 Å². The first-order valence-corrected chi connectivity index (χ1v) is 13.0. The maximum absolute atomic E-state index is 13.2. The van der Waals surface area contributed by atoms with E-state index >= 15 is 0 Å². The van der Waals surface area contributed by atoms with Crippen LogP contribution in [0.2, 0.25) is 4.34 Å². The molecule has 30 heavy (non-hydrogen) atoms. The fourth-order valence-corrected chi connectivity index (χ4v) is 7.33. The monoisotopic (exact) mass is 486 g/mol. The number of nitrogens with one attached hydrogen (secondary N) is 1. The van der Waals surface area contributed by atoms with Crippen LogP contribution in [0.15, 0.2) is 63.7 Å². The molecule has 11 heteroatoms. The van der Waals surface area contributed by atoms with Gasteiger partial charge in [-0.2, -0.15) is 0 Å². The zero-order chi connectivity index (χ0) is 21.5. The molecule has 158 valence electrons. The Balaban J connectivity index is 1.65. The highest BCUT2D eigenvalue weighted by Gasteiger charge is 2.29. The number of halogens is 2. The molecule has 1 N–H and O–H groups in total. The van der Waals surface area contributed by atoms with Crippen molar-refractivity contribution < 1.29 is 21.2 Å². The van der Waals surface area contributed by atoms with Crippen molar-refractivity contribution in [2.24, 2.45) is 0 Å². The zero-order valence-corrected chi connectivity index (χ0v) is 18.6. The van der Waals surface area contributed by atoms with Gasteiger partial charge >= 0.3 is 0 Å². The van der Waals surface area contributed by atoms with E-state index in [2.05, 4.69) is 4.72 Å². The molecule has 2 aromatic carbocycles. The number of sulfonamides is 2. The van der Waals surface area contributed by atoms with Crippen LogP contribution in [0, 0.1) is 5.82 Å². The predicted octanol–water partition coefficient (Wildman–Crippen LogP) is 4.48. The van der Waals surface area contributed by atoms with Gasteiger partial charge in [0.25, 0.3) is 20.0 Å². The quantitative estimate of drug-likeness (QED) is 0.576. The van der Waals surface area contributed by atoms with Crippen LogP contribution in [-0.2, 0) is 26.5 Å². The number of rotatable bonds is 5. The standard InChI is InChI=1S/C19H16ClFN2O4S3/c20-18-9-10-19(28-18)29(24,25)22-15-5-8-17-13(12-15)2-1-11-23(17)30(26,27)16-6-3-14(21)4-7-16/h3-10,12,22H,1-2,11H2. The Kier molecular flexibility index (Phi) is 5.52. The highest BCUT2D eigenvalue weighted by atomic mass is 35.5. The van der Waals surface area contributed by atoms with Gasteiger partial charge in [0, 0.05) is 12.2 Å². The third kappa shape index (κ3) is 4.04. The average Bonchev–Trinajstić information content (AvgIpc) is 3.15. The van der Waals surface area contributed by atoms with Crippen LogP contribution >= 0.6 is 22.9 Å². The van der Waals surface area contributed by atoms with Crippen molar-refractivity contribution in [2.45, 2.75) is 21.9 Å². The second-order valence-electron chi connectivity index (χ2n) is 6.64. The fraction of sp³-hybridized carbons (Fsp3) is 0.158. The first-order chi connectivity index (χ1) is 14.2. The van der Waals surface area contributed by atoms with Gasteiger partial charge in [-0.25, -0.2) is 21.2 Å². The molecule has 3 aromatic rings. The molecule has 0 aliphatic carbocycles. The molecular formula is C19H16ClFN2O4S3. The number of nitrogens with zero attached hydrogens (tertiary/aromatic N) is 1. The number of hydrogen-bond donors (Lipinski definition) is 1.